The molecule has 2 aromatic heterocycles. The predicted molar refractivity (Wildman–Crippen MR) is 239 cm³/mol. The van der Waals surface area contributed by atoms with E-state index in [0.29, 0.717) is 0 Å². The largest absolute Gasteiger partial charge is 0.456 e. The van der Waals surface area contributed by atoms with E-state index in [4.69, 9.17) is 9.41 Å². The molecule has 0 saturated carbocycles. The van der Waals surface area contributed by atoms with Gasteiger partial charge in [0.2, 0.25) is 0 Å². The van der Waals surface area contributed by atoms with Crippen molar-refractivity contribution in [1.82, 2.24) is 5.32 Å². The van der Waals surface area contributed by atoms with Crippen LogP contribution in [0.15, 0.2) is 210 Å². The summed E-state index contributed by atoms with van der Waals surface area (Å²) < 4.78 is 7.82. The van der Waals surface area contributed by atoms with Gasteiger partial charge in [-0.05, 0) is 88.5 Å². The number of para-hydroxylation sites is 1. The summed E-state index contributed by atoms with van der Waals surface area (Å²) in [4.78, 5) is 8.93. The summed E-state index contributed by atoms with van der Waals surface area (Å²) in [6, 6.07) is 70.7. The fraction of sp³-hybridized carbons (Fsp3) is 0.0192. The van der Waals surface area contributed by atoms with Crippen LogP contribution in [0.3, 0.4) is 0 Å². The standard InChI is InChI=1S/C52H35N3OS/c1-4-13-34(14-5-1)36-23-25-38(26-24-36)49-51-50(42-19-10-11-22-47(42)57-51)54-52(53-49)39-29-32-45-43(33-39)48-44(20-12-21-46(48)56-45)55(40-17-8-3-9-18-40)41-30-27-37(28-31-41)35-15-6-2-7-16-35/h1-33,49H,(H,53,54). The maximum atomic E-state index is 6.59. The van der Waals surface area contributed by atoms with E-state index in [2.05, 4.69) is 210 Å². The fourth-order valence-electron chi connectivity index (χ4n) is 8.17. The van der Waals surface area contributed by atoms with Crippen LogP contribution in [-0.2, 0) is 0 Å². The molecule has 8 aromatic carbocycles. The minimum absolute atomic E-state index is 0.0606. The molecule has 10 aromatic rings. The van der Waals surface area contributed by atoms with Crippen LogP contribution in [0.25, 0.3) is 54.3 Å². The number of rotatable bonds is 7. The number of benzene rings is 8. The summed E-state index contributed by atoms with van der Waals surface area (Å²) in [5.41, 5.74) is 12.9. The molecule has 4 nitrogen and oxygen atoms in total. The predicted octanol–water partition coefficient (Wildman–Crippen LogP) is 14.4. The van der Waals surface area contributed by atoms with Gasteiger partial charge in [-0.1, -0.05) is 140 Å². The average Bonchev–Trinajstić information content (AvgIpc) is 3.86. The Morgan fingerprint density at radius 1 is 0.491 bits per heavy atom. The van der Waals surface area contributed by atoms with Crippen LogP contribution in [0.4, 0.5) is 22.7 Å². The van der Waals surface area contributed by atoms with Crippen molar-refractivity contribution in [2.45, 2.75) is 6.04 Å². The van der Waals surface area contributed by atoms with E-state index in [1.807, 2.05) is 11.3 Å². The second-order valence-corrected chi connectivity index (χ2v) is 15.5. The first-order valence-electron chi connectivity index (χ1n) is 19.2. The normalized spacial score (nSPS) is 13.7. The van der Waals surface area contributed by atoms with Gasteiger partial charge in [0.05, 0.1) is 27.7 Å². The molecule has 0 amide bonds. The number of nitrogens with one attached hydrogen (secondary N) is 1. The number of aliphatic imine (C=N–C) groups is 1. The van der Waals surface area contributed by atoms with E-state index in [1.54, 1.807) is 0 Å². The first kappa shape index (κ1) is 33.2. The number of anilines is 3. The molecular formula is C52H35N3OS. The van der Waals surface area contributed by atoms with Crippen LogP contribution in [0.5, 0.6) is 0 Å². The van der Waals surface area contributed by atoms with Crippen molar-refractivity contribution in [2.24, 2.45) is 4.99 Å². The first-order valence-corrected chi connectivity index (χ1v) is 20.1. The Kier molecular flexibility index (Phi) is 8.04. The molecule has 0 aliphatic carbocycles. The van der Waals surface area contributed by atoms with Crippen LogP contribution in [0.1, 0.15) is 22.0 Å². The fourth-order valence-corrected chi connectivity index (χ4v) is 9.39. The number of nitrogens with zero attached hydrogens (tertiary/aromatic N) is 2. The van der Waals surface area contributed by atoms with Gasteiger partial charge in [0.1, 0.15) is 17.0 Å². The maximum absolute atomic E-state index is 6.59. The van der Waals surface area contributed by atoms with Gasteiger partial charge in [-0.2, -0.15) is 0 Å². The van der Waals surface area contributed by atoms with Crippen LogP contribution >= 0.6 is 11.3 Å². The summed E-state index contributed by atoms with van der Waals surface area (Å²) in [6.07, 6.45) is 0. The Balaban J connectivity index is 1.04. The highest BCUT2D eigenvalue weighted by Crippen LogP contribution is 2.47. The molecule has 0 bridgehead atoms. The van der Waals surface area contributed by atoms with E-state index in [-0.39, 0.29) is 6.04 Å². The minimum atomic E-state index is -0.0606. The van der Waals surface area contributed by atoms with Gasteiger partial charge in [0, 0.05) is 32.4 Å². The average molecular weight is 750 g/mol. The molecule has 57 heavy (non-hydrogen) atoms. The second kappa shape index (κ2) is 13.8. The Labute approximate surface area is 334 Å². The van der Waals surface area contributed by atoms with Gasteiger partial charge in [-0.3, -0.25) is 0 Å². The molecule has 1 aliphatic rings. The molecule has 270 valence electrons. The molecule has 0 radical (unpaired) electrons. The quantitative estimate of drug-likeness (QED) is 0.176. The number of furan rings is 1. The van der Waals surface area contributed by atoms with E-state index >= 15 is 0 Å². The third-order valence-corrected chi connectivity index (χ3v) is 12.2. The lowest BCUT2D eigenvalue weighted by Gasteiger charge is -2.27. The van der Waals surface area contributed by atoms with Gasteiger partial charge < -0.3 is 14.6 Å². The van der Waals surface area contributed by atoms with Crippen LogP contribution < -0.4 is 10.2 Å². The number of hydrogen-bond acceptors (Lipinski definition) is 5. The van der Waals surface area contributed by atoms with E-state index < -0.39 is 0 Å². The zero-order chi connectivity index (χ0) is 37.7. The van der Waals surface area contributed by atoms with Crippen molar-refractivity contribution >= 4 is 71.9 Å². The van der Waals surface area contributed by atoms with Crippen molar-refractivity contribution in [3.63, 3.8) is 0 Å². The SMILES string of the molecule is c1ccc(-c2ccc(C3NC(c4ccc5oc6cccc(N(c7ccccc7)c7ccc(-c8ccccc8)cc7)c6c5c4)=Nc4c3sc3ccccc43)cc2)cc1. The summed E-state index contributed by atoms with van der Waals surface area (Å²) in [6.45, 7) is 0. The summed E-state index contributed by atoms with van der Waals surface area (Å²) in [5, 5.41) is 7.16. The molecule has 11 rings (SSSR count). The van der Waals surface area contributed by atoms with Crippen LogP contribution in [0, 0.1) is 0 Å². The zero-order valence-electron chi connectivity index (χ0n) is 30.8. The van der Waals surface area contributed by atoms with E-state index in [0.717, 1.165) is 56.1 Å². The highest BCUT2D eigenvalue weighted by molar-refractivity contribution is 7.19. The lowest BCUT2D eigenvalue weighted by atomic mass is 9.97. The van der Waals surface area contributed by atoms with Crippen molar-refractivity contribution in [1.29, 1.82) is 0 Å². The van der Waals surface area contributed by atoms with Gasteiger partial charge in [-0.15, -0.1) is 11.3 Å². The summed E-state index contributed by atoms with van der Waals surface area (Å²) in [5.74, 6) is 0.841. The molecule has 0 saturated heterocycles. The molecule has 0 fully saturated rings. The molecule has 3 heterocycles. The number of fused-ring (bicyclic) bond motifs is 6. The van der Waals surface area contributed by atoms with Crippen LogP contribution in [-0.4, -0.2) is 5.84 Å². The van der Waals surface area contributed by atoms with Gasteiger partial charge in [-0.25, -0.2) is 4.99 Å². The molecule has 0 spiro atoms. The summed E-state index contributed by atoms with van der Waals surface area (Å²) in [7, 11) is 0. The third kappa shape index (κ3) is 5.88. The Morgan fingerprint density at radius 3 is 1.81 bits per heavy atom. The Morgan fingerprint density at radius 2 is 1.09 bits per heavy atom. The third-order valence-electron chi connectivity index (χ3n) is 10.9. The summed E-state index contributed by atoms with van der Waals surface area (Å²) >= 11 is 1.82. The van der Waals surface area contributed by atoms with Gasteiger partial charge >= 0.3 is 0 Å². The van der Waals surface area contributed by atoms with Crippen LogP contribution in [0.2, 0.25) is 0 Å². The van der Waals surface area contributed by atoms with Gasteiger partial charge in [0.25, 0.3) is 0 Å². The second-order valence-electron chi connectivity index (χ2n) is 14.4. The first-order chi connectivity index (χ1) is 28.2. The lowest BCUT2D eigenvalue weighted by molar-refractivity contribution is 0.669. The van der Waals surface area contributed by atoms with Crippen molar-refractivity contribution < 1.29 is 4.42 Å². The van der Waals surface area contributed by atoms with Crippen molar-refractivity contribution in [3.8, 4) is 22.3 Å². The number of thiophene rings is 1. The molecule has 1 N–H and O–H groups in total. The molecular weight excluding hydrogens is 715 g/mol. The molecule has 5 heteroatoms. The molecule has 1 atom stereocenters. The molecule has 1 unspecified atom stereocenters. The van der Waals surface area contributed by atoms with E-state index in [1.165, 1.54) is 42.8 Å². The Hall–Kier alpha value is -7.21. The highest BCUT2D eigenvalue weighted by atomic mass is 32.1. The lowest BCUT2D eigenvalue weighted by Crippen LogP contribution is -2.32. The number of amidine groups is 1. The maximum Gasteiger partial charge on any atom is 0.137 e. The Bertz CT molecular complexity index is 3080. The minimum Gasteiger partial charge on any atom is -0.456 e. The molecule has 1 aliphatic heterocycles. The van der Waals surface area contributed by atoms with Crippen molar-refractivity contribution in [3.05, 3.63) is 216 Å². The monoisotopic (exact) mass is 749 g/mol. The zero-order valence-corrected chi connectivity index (χ0v) is 31.7. The van der Waals surface area contributed by atoms with E-state index in [9.17, 15) is 0 Å². The number of hydrogen-bond donors (Lipinski definition) is 1. The smallest absolute Gasteiger partial charge is 0.137 e. The highest BCUT2D eigenvalue weighted by Gasteiger charge is 2.29. The topological polar surface area (TPSA) is 40.8 Å². The van der Waals surface area contributed by atoms with Gasteiger partial charge in [0.15, 0.2) is 0 Å². The van der Waals surface area contributed by atoms with Crippen molar-refractivity contribution in [2.75, 3.05) is 4.90 Å².